The zero-order chi connectivity index (χ0) is 12.8. The van der Waals surface area contributed by atoms with E-state index >= 15 is 0 Å². The molecule has 1 heterocycles. The van der Waals surface area contributed by atoms with Crippen LogP contribution >= 0.6 is 0 Å². The predicted molar refractivity (Wildman–Crippen MR) is 73.3 cm³/mol. The molecule has 1 aromatic rings. The van der Waals surface area contributed by atoms with Gasteiger partial charge in [-0.2, -0.15) is 0 Å². The van der Waals surface area contributed by atoms with Crippen LogP contribution in [0.5, 0.6) is 0 Å². The van der Waals surface area contributed by atoms with Gasteiger partial charge in [0.1, 0.15) is 0 Å². The Morgan fingerprint density at radius 3 is 2.61 bits per heavy atom. The van der Waals surface area contributed by atoms with Crippen molar-refractivity contribution in [3.8, 4) is 0 Å². The molecule has 0 radical (unpaired) electrons. The molecule has 1 fully saturated rings. The summed E-state index contributed by atoms with van der Waals surface area (Å²) in [5.74, 6) is 0.134. The van der Waals surface area contributed by atoms with Crippen molar-refractivity contribution in [2.24, 2.45) is 0 Å². The van der Waals surface area contributed by atoms with E-state index in [1.807, 2.05) is 0 Å². The van der Waals surface area contributed by atoms with Gasteiger partial charge in [-0.05, 0) is 36.9 Å². The summed E-state index contributed by atoms with van der Waals surface area (Å²) < 4.78 is 0. The molecule has 0 unspecified atom stereocenters. The Kier molecular flexibility index (Phi) is 4.76. The van der Waals surface area contributed by atoms with Crippen molar-refractivity contribution in [3.63, 3.8) is 0 Å². The van der Waals surface area contributed by atoms with E-state index in [1.54, 1.807) is 0 Å². The molecule has 1 saturated heterocycles. The van der Waals surface area contributed by atoms with Crippen molar-refractivity contribution in [2.45, 2.75) is 45.2 Å². The Bertz CT molecular complexity index is 380. The summed E-state index contributed by atoms with van der Waals surface area (Å²) in [7, 11) is 0. The van der Waals surface area contributed by atoms with Gasteiger partial charge < -0.3 is 10.6 Å². The molecule has 1 atom stereocenters. The van der Waals surface area contributed by atoms with Gasteiger partial charge in [-0.25, -0.2) is 0 Å². The number of rotatable bonds is 4. The molecule has 2 N–H and O–H groups in total. The summed E-state index contributed by atoms with van der Waals surface area (Å²) in [5.41, 5.74) is 2.50. The fourth-order valence-electron chi connectivity index (χ4n) is 2.28. The highest BCUT2D eigenvalue weighted by atomic mass is 16.2. The topological polar surface area (TPSA) is 41.1 Å². The second-order valence-electron chi connectivity index (χ2n) is 4.89. The summed E-state index contributed by atoms with van der Waals surface area (Å²) in [5, 5.41) is 6.27. The largest absolute Gasteiger partial charge is 0.351 e. The predicted octanol–water partition coefficient (Wildman–Crippen LogP) is 2.01. The number of benzene rings is 1. The van der Waals surface area contributed by atoms with E-state index in [0.717, 1.165) is 31.4 Å². The molecule has 0 bridgehead atoms. The first-order chi connectivity index (χ1) is 8.79. The molecule has 1 amide bonds. The molecule has 3 nitrogen and oxygen atoms in total. The van der Waals surface area contributed by atoms with Crippen LogP contribution in [0.15, 0.2) is 24.3 Å². The third kappa shape index (κ3) is 3.57. The number of nitrogens with one attached hydrogen (secondary N) is 2. The van der Waals surface area contributed by atoms with Gasteiger partial charge in [0, 0.05) is 6.54 Å². The molecule has 1 aromatic carbocycles. The molecule has 0 aliphatic carbocycles. The van der Waals surface area contributed by atoms with E-state index in [2.05, 4.69) is 41.8 Å². The molecule has 18 heavy (non-hydrogen) atoms. The van der Waals surface area contributed by atoms with Crippen LogP contribution < -0.4 is 10.6 Å². The lowest BCUT2D eigenvalue weighted by molar-refractivity contribution is -0.123. The third-order valence-electron chi connectivity index (χ3n) is 3.52. The van der Waals surface area contributed by atoms with Gasteiger partial charge in [0.25, 0.3) is 0 Å². The Morgan fingerprint density at radius 1 is 1.28 bits per heavy atom. The van der Waals surface area contributed by atoms with Crippen LogP contribution in [-0.2, 0) is 17.8 Å². The monoisotopic (exact) mass is 246 g/mol. The van der Waals surface area contributed by atoms with E-state index in [1.165, 1.54) is 12.0 Å². The number of carbonyl (C=O) groups is 1. The number of hydrogen-bond donors (Lipinski definition) is 2. The van der Waals surface area contributed by atoms with Gasteiger partial charge in [0.2, 0.25) is 5.91 Å². The maximum absolute atomic E-state index is 11.9. The lowest BCUT2D eigenvalue weighted by Gasteiger charge is -2.22. The SMILES string of the molecule is CCc1ccc(CNC(=O)[C@H]2CCCCN2)cc1. The average molecular weight is 246 g/mol. The van der Waals surface area contributed by atoms with Gasteiger partial charge in [0.15, 0.2) is 0 Å². The zero-order valence-corrected chi connectivity index (χ0v) is 11.0. The van der Waals surface area contributed by atoms with Crippen LogP contribution in [0.2, 0.25) is 0 Å². The molecule has 1 aliphatic rings. The molecule has 0 saturated carbocycles. The maximum atomic E-state index is 11.9. The second-order valence-corrected chi connectivity index (χ2v) is 4.89. The second kappa shape index (κ2) is 6.55. The van der Waals surface area contributed by atoms with Crippen molar-refractivity contribution < 1.29 is 4.79 Å². The molecule has 1 aliphatic heterocycles. The summed E-state index contributed by atoms with van der Waals surface area (Å²) >= 11 is 0. The van der Waals surface area contributed by atoms with Crippen molar-refractivity contribution in [1.82, 2.24) is 10.6 Å². The number of hydrogen-bond acceptors (Lipinski definition) is 2. The first-order valence-electron chi connectivity index (χ1n) is 6.88. The highest BCUT2D eigenvalue weighted by Gasteiger charge is 2.19. The zero-order valence-electron chi connectivity index (χ0n) is 11.0. The van der Waals surface area contributed by atoms with Gasteiger partial charge in [-0.3, -0.25) is 4.79 Å². The third-order valence-corrected chi connectivity index (χ3v) is 3.52. The number of aryl methyl sites for hydroxylation is 1. The number of carbonyl (C=O) groups excluding carboxylic acids is 1. The van der Waals surface area contributed by atoms with E-state index in [-0.39, 0.29) is 11.9 Å². The minimum absolute atomic E-state index is 0.00802. The molecule has 0 spiro atoms. The van der Waals surface area contributed by atoms with Crippen LogP contribution in [0.3, 0.4) is 0 Å². The quantitative estimate of drug-likeness (QED) is 0.853. The Morgan fingerprint density at radius 2 is 2.00 bits per heavy atom. The summed E-state index contributed by atoms with van der Waals surface area (Å²) in [6, 6.07) is 8.44. The normalized spacial score (nSPS) is 19.5. The van der Waals surface area contributed by atoms with Gasteiger partial charge in [0.05, 0.1) is 6.04 Å². The van der Waals surface area contributed by atoms with E-state index in [9.17, 15) is 4.79 Å². The molecule has 2 rings (SSSR count). The van der Waals surface area contributed by atoms with Crippen molar-refractivity contribution in [1.29, 1.82) is 0 Å². The maximum Gasteiger partial charge on any atom is 0.237 e. The average Bonchev–Trinajstić information content (AvgIpc) is 2.46. The molecular formula is C15H22N2O. The van der Waals surface area contributed by atoms with Gasteiger partial charge in [-0.1, -0.05) is 37.6 Å². The first kappa shape index (κ1) is 13.1. The van der Waals surface area contributed by atoms with Crippen LogP contribution in [0.1, 0.15) is 37.3 Å². The summed E-state index contributed by atoms with van der Waals surface area (Å²) in [6.07, 6.45) is 4.35. The standard InChI is InChI=1S/C15H22N2O/c1-2-12-6-8-13(9-7-12)11-17-15(18)14-5-3-4-10-16-14/h6-9,14,16H,2-5,10-11H2,1H3,(H,17,18)/t14-/m1/s1. The lowest BCUT2D eigenvalue weighted by atomic mass is 10.0. The molecule has 3 heteroatoms. The molecule has 98 valence electrons. The lowest BCUT2D eigenvalue weighted by Crippen LogP contribution is -2.46. The highest BCUT2D eigenvalue weighted by molar-refractivity contribution is 5.81. The minimum atomic E-state index is 0.00802. The highest BCUT2D eigenvalue weighted by Crippen LogP contribution is 2.08. The van der Waals surface area contributed by atoms with Crippen LogP contribution in [0, 0.1) is 0 Å². The fourth-order valence-corrected chi connectivity index (χ4v) is 2.28. The van der Waals surface area contributed by atoms with Gasteiger partial charge >= 0.3 is 0 Å². The number of amides is 1. The van der Waals surface area contributed by atoms with Crippen LogP contribution in [-0.4, -0.2) is 18.5 Å². The van der Waals surface area contributed by atoms with Crippen LogP contribution in [0.25, 0.3) is 0 Å². The smallest absolute Gasteiger partial charge is 0.237 e. The summed E-state index contributed by atoms with van der Waals surface area (Å²) in [6.45, 7) is 3.73. The minimum Gasteiger partial charge on any atom is -0.351 e. The summed E-state index contributed by atoms with van der Waals surface area (Å²) in [4.78, 5) is 11.9. The Hall–Kier alpha value is -1.35. The van der Waals surface area contributed by atoms with E-state index in [4.69, 9.17) is 0 Å². The first-order valence-corrected chi connectivity index (χ1v) is 6.88. The van der Waals surface area contributed by atoms with Crippen molar-refractivity contribution >= 4 is 5.91 Å². The fraction of sp³-hybridized carbons (Fsp3) is 0.533. The molecule has 0 aromatic heterocycles. The number of piperidine rings is 1. The molecular weight excluding hydrogens is 224 g/mol. The van der Waals surface area contributed by atoms with E-state index < -0.39 is 0 Å². The van der Waals surface area contributed by atoms with E-state index in [0.29, 0.717) is 6.54 Å². The van der Waals surface area contributed by atoms with Crippen LogP contribution in [0.4, 0.5) is 0 Å². The Labute approximate surface area is 109 Å². The van der Waals surface area contributed by atoms with Crippen molar-refractivity contribution in [2.75, 3.05) is 6.54 Å². The van der Waals surface area contributed by atoms with Crippen molar-refractivity contribution in [3.05, 3.63) is 35.4 Å². The van der Waals surface area contributed by atoms with Gasteiger partial charge in [-0.15, -0.1) is 0 Å². The Balaban J connectivity index is 1.80.